The molecule has 126 valence electrons. The highest BCUT2D eigenvalue weighted by Gasteiger charge is 2.20. The zero-order chi connectivity index (χ0) is 17.5. The highest BCUT2D eigenvalue weighted by Crippen LogP contribution is 2.17. The molecule has 0 bridgehead atoms. The summed E-state index contributed by atoms with van der Waals surface area (Å²) in [5.41, 5.74) is 0.888. The number of carbonyl (C=O) groups is 2. The second-order valence-corrected chi connectivity index (χ2v) is 5.23. The molecule has 0 aliphatic carbocycles. The van der Waals surface area contributed by atoms with E-state index in [1.807, 2.05) is 0 Å². The first-order valence-electron chi connectivity index (χ1n) is 7.48. The lowest BCUT2D eigenvalue weighted by molar-refractivity contribution is -0.129. The van der Waals surface area contributed by atoms with Crippen LogP contribution in [0.5, 0.6) is 5.75 Å². The van der Waals surface area contributed by atoms with Crippen molar-refractivity contribution < 1.29 is 23.8 Å². The summed E-state index contributed by atoms with van der Waals surface area (Å²) in [6.45, 7) is 1.79. The summed E-state index contributed by atoms with van der Waals surface area (Å²) in [6, 6.07) is 11.9. The van der Waals surface area contributed by atoms with Gasteiger partial charge in [-0.25, -0.2) is 9.18 Å². The number of ether oxygens (including phenoxy) is 1. The van der Waals surface area contributed by atoms with Crippen LogP contribution in [0.2, 0.25) is 0 Å². The van der Waals surface area contributed by atoms with Gasteiger partial charge in [0.05, 0.1) is 0 Å². The number of carbonyl (C=O) groups excluding carboxylic acids is 2. The van der Waals surface area contributed by atoms with Crippen molar-refractivity contribution in [3.63, 3.8) is 0 Å². The molecule has 2 N–H and O–H groups in total. The molecular formula is C18H18FNO4. The van der Waals surface area contributed by atoms with Gasteiger partial charge in [0.2, 0.25) is 0 Å². The number of hydrogen-bond donors (Lipinski definition) is 2. The molecule has 2 aromatic carbocycles. The van der Waals surface area contributed by atoms with Crippen LogP contribution >= 0.6 is 0 Å². The van der Waals surface area contributed by atoms with Crippen molar-refractivity contribution in [2.45, 2.75) is 19.4 Å². The molecule has 0 unspecified atom stereocenters. The molecule has 6 heteroatoms. The van der Waals surface area contributed by atoms with Crippen LogP contribution in [0, 0.1) is 5.82 Å². The van der Waals surface area contributed by atoms with Gasteiger partial charge in [0.25, 0.3) is 5.91 Å². The van der Waals surface area contributed by atoms with Gasteiger partial charge in [-0.3, -0.25) is 4.79 Å². The minimum absolute atomic E-state index is 0.00321. The fraction of sp³-hybridized carbons (Fsp3) is 0.222. The van der Waals surface area contributed by atoms with Crippen LogP contribution < -0.4 is 5.32 Å². The normalized spacial score (nSPS) is 11.6. The van der Waals surface area contributed by atoms with E-state index in [1.165, 1.54) is 31.2 Å². The largest absolute Gasteiger partial charge is 0.507 e. The van der Waals surface area contributed by atoms with Gasteiger partial charge in [-0.15, -0.1) is 0 Å². The second kappa shape index (κ2) is 8.10. The Morgan fingerprint density at radius 1 is 1.17 bits per heavy atom. The van der Waals surface area contributed by atoms with Gasteiger partial charge in [0.15, 0.2) is 6.10 Å². The zero-order valence-corrected chi connectivity index (χ0v) is 13.2. The SMILES string of the molecule is C[C@H](OC(=O)c1ccccc1O)C(=O)NCCc1ccc(F)cc1. The van der Waals surface area contributed by atoms with Crippen LogP contribution in [0.1, 0.15) is 22.8 Å². The molecule has 2 rings (SSSR count). The first kappa shape index (κ1) is 17.5. The summed E-state index contributed by atoms with van der Waals surface area (Å²) >= 11 is 0. The molecule has 2 aromatic rings. The number of halogens is 1. The van der Waals surface area contributed by atoms with E-state index in [0.29, 0.717) is 13.0 Å². The lowest BCUT2D eigenvalue weighted by Crippen LogP contribution is -2.36. The summed E-state index contributed by atoms with van der Waals surface area (Å²) in [6.07, 6.45) is -0.461. The third kappa shape index (κ3) is 4.81. The Bertz CT molecular complexity index is 715. The van der Waals surface area contributed by atoms with E-state index < -0.39 is 18.0 Å². The van der Waals surface area contributed by atoms with E-state index >= 15 is 0 Å². The number of rotatable bonds is 6. The van der Waals surface area contributed by atoms with Gasteiger partial charge in [-0.05, 0) is 43.2 Å². The van der Waals surface area contributed by atoms with Crippen molar-refractivity contribution in [3.8, 4) is 5.75 Å². The fourth-order valence-electron chi connectivity index (χ4n) is 2.05. The molecule has 5 nitrogen and oxygen atoms in total. The van der Waals surface area contributed by atoms with E-state index in [-0.39, 0.29) is 17.1 Å². The standard InChI is InChI=1S/C18H18FNO4/c1-12(24-18(23)15-4-2-3-5-16(15)21)17(22)20-11-10-13-6-8-14(19)9-7-13/h2-9,12,21H,10-11H2,1H3,(H,20,22)/t12-/m0/s1. The third-order valence-corrected chi connectivity index (χ3v) is 3.40. The van der Waals surface area contributed by atoms with Gasteiger partial charge in [0, 0.05) is 6.54 Å². The average molecular weight is 331 g/mol. The van der Waals surface area contributed by atoms with Crippen molar-refractivity contribution in [1.82, 2.24) is 5.32 Å². The quantitative estimate of drug-likeness (QED) is 0.797. The number of para-hydroxylation sites is 1. The maximum Gasteiger partial charge on any atom is 0.342 e. The molecule has 0 saturated carbocycles. The molecular weight excluding hydrogens is 313 g/mol. The van der Waals surface area contributed by atoms with Crippen LogP contribution in [-0.4, -0.2) is 29.6 Å². The monoisotopic (exact) mass is 331 g/mol. The van der Waals surface area contributed by atoms with E-state index in [9.17, 15) is 19.1 Å². The van der Waals surface area contributed by atoms with Gasteiger partial charge in [0.1, 0.15) is 17.1 Å². The summed E-state index contributed by atoms with van der Waals surface area (Å²) in [5, 5.41) is 12.2. The number of phenolic OH excluding ortho intramolecular Hbond substituents is 1. The molecule has 0 heterocycles. The molecule has 24 heavy (non-hydrogen) atoms. The molecule has 0 aliphatic rings. The van der Waals surface area contributed by atoms with Gasteiger partial charge in [-0.2, -0.15) is 0 Å². The van der Waals surface area contributed by atoms with Crippen molar-refractivity contribution in [3.05, 3.63) is 65.5 Å². The van der Waals surface area contributed by atoms with Gasteiger partial charge < -0.3 is 15.2 Å². The Hall–Kier alpha value is -2.89. The molecule has 0 fully saturated rings. The van der Waals surface area contributed by atoms with Crippen molar-refractivity contribution in [1.29, 1.82) is 0 Å². The predicted molar refractivity (Wildman–Crippen MR) is 86.1 cm³/mol. The average Bonchev–Trinajstić information content (AvgIpc) is 2.56. The highest BCUT2D eigenvalue weighted by molar-refractivity contribution is 5.94. The number of hydrogen-bond acceptors (Lipinski definition) is 4. The lowest BCUT2D eigenvalue weighted by atomic mass is 10.1. The second-order valence-electron chi connectivity index (χ2n) is 5.23. The molecule has 0 saturated heterocycles. The Morgan fingerprint density at radius 3 is 2.50 bits per heavy atom. The molecule has 1 atom stereocenters. The Kier molecular flexibility index (Phi) is 5.89. The Labute approximate surface area is 139 Å². The third-order valence-electron chi connectivity index (χ3n) is 3.40. The first-order valence-corrected chi connectivity index (χ1v) is 7.48. The summed E-state index contributed by atoms with van der Waals surface area (Å²) in [5.74, 6) is -1.73. The highest BCUT2D eigenvalue weighted by atomic mass is 19.1. The van der Waals surface area contributed by atoms with E-state index in [0.717, 1.165) is 5.56 Å². The molecule has 0 aliphatic heterocycles. The van der Waals surface area contributed by atoms with Crippen LogP contribution in [0.3, 0.4) is 0 Å². The number of nitrogens with one attached hydrogen (secondary N) is 1. The predicted octanol–water partition coefficient (Wildman–Crippen LogP) is 2.44. The molecule has 1 amide bonds. The topological polar surface area (TPSA) is 75.6 Å². The van der Waals surface area contributed by atoms with Crippen molar-refractivity contribution in [2.24, 2.45) is 0 Å². The maximum absolute atomic E-state index is 12.8. The first-order chi connectivity index (χ1) is 11.5. The Morgan fingerprint density at radius 2 is 1.83 bits per heavy atom. The lowest BCUT2D eigenvalue weighted by Gasteiger charge is -2.14. The maximum atomic E-state index is 12.8. The van der Waals surface area contributed by atoms with Crippen molar-refractivity contribution >= 4 is 11.9 Å². The van der Waals surface area contributed by atoms with E-state index in [2.05, 4.69) is 5.32 Å². The van der Waals surface area contributed by atoms with Gasteiger partial charge >= 0.3 is 5.97 Å². The van der Waals surface area contributed by atoms with Gasteiger partial charge in [-0.1, -0.05) is 24.3 Å². The molecule has 0 aromatic heterocycles. The summed E-state index contributed by atoms with van der Waals surface area (Å²) in [4.78, 5) is 23.8. The minimum atomic E-state index is -0.995. The zero-order valence-electron chi connectivity index (χ0n) is 13.2. The van der Waals surface area contributed by atoms with E-state index in [4.69, 9.17) is 4.74 Å². The number of phenols is 1. The smallest absolute Gasteiger partial charge is 0.342 e. The molecule has 0 spiro atoms. The molecule has 0 radical (unpaired) electrons. The number of esters is 1. The number of aromatic hydroxyl groups is 1. The van der Waals surface area contributed by atoms with Crippen LogP contribution in [0.15, 0.2) is 48.5 Å². The number of amides is 1. The fourth-order valence-corrected chi connectivity index (χ4v) is 2.05. The minimum Gasteiger partial charge on any atom is -0.507 e. The van der Waals surface area contributed by atoms with Crippen LogP contribution in [-0.2, 0) is 16.0 Å². The summed E-state index contributed by atoms with van der Waals surface area (Å²) in [7, 11) is 0. The van der Waals surface area contributed by atoms with E-state index in [1.54, 1.807) is 24.3 Å². The summed E-state index contributed by atoms with van der Waals surface area (Å²) < 4.78 is 17.8. The number of benzene rings is 2. The van der Waals surface area contributed by atoms with Crippen LogP contribution in [0.4, 0.5) is 4.39 Å². The van der Waals surface area contributed by atoms with Crippen molar-refractivity contribution in [2.75, 3.05) is 6.54 Å². The van der Waals surface area contributed by atoms with Crippen LogP contribution in [0.25, 0.3) is 0 Å². The Balaban J connectivity index is 1.80.